The predicted molar refractivity (Wildman–Crippen MR) is 69.6 cm³/mol. The van der Waals surface area contributed by atoms with Crippen molar-refractivity contribution < 1.29 is 9.47 Å². The fourth-order valence-electron chi connectivity index (χ4n) is 2.03. The molecule has 0 amide bonds. The van der Waals surface area contributed by atoms with Crippen LogP contribution in [0.4, 0.5) is 0 Å². The minimum atomic E-state index is -0.300. The van der Waals surface area contributed by atoms with Gasteiger partial charge in [0, 0.05) is 25.7 Å². The molecule has 7 heteroatoms. The van der Waals surface area contributed by atoms with Gasteiger partial charge < -0.3 is 14.8 Å². The molecular weight excluding hydrogens is 246 g/mol. The number of ether oxygens (including phenoxy) is 2. The molecule has 0 saturated carbocycles. The zero-order valence-electron chi connectivity index (χ0n) is 12.1. The number of methoxy groups -OCH3 is 1. The molecule has 0 bridgehead atoms. The van der Waals surface area contributed by atoms with E-state index in [1.165, 1.54) is 0 Å². The Balaban J connectivity index is 2.03. The monoisotopic (exact) mass is 269 g/mol. The molecule has 1 saturated heterocycles. The van der Waals surface area contributed by atoms with Crippen LogP contribution >= 0.6 is 0 Å². The van der Waals surface area contributed by atoms with Gasteiger partial charge in [0.15, 0.2) is 5.82 Å². The minimum Gasteiger partial charge on any atom is -0.378 e. The first kappa shape index (κ1) is 14.4. The third kappa shape index (κ3) is 3.71. The fraction of sp³-hybridized carbons (Fsp3) is 0.917. The van der Waals surface area contributed by atoms with Crippen molar-refractivity contribution in [3.05, 3.63) is 5.82 Å². The Morgan fingerprint density at radius 1 is 1.47 bits per heavy atom. The molecule has 1 N–H and O–H groups in total. The van der Waals surface area contributed by atoms with E-state index in [-0.39, 0.29) is 11.1 Å². The van der Waals surface area contributed by atoms with Crippen LogP contribution in [0.15, 0.2) is 0 Å². The third-order valence-corrected chi connectivity index (χ3v) is 3.32. The number of tetrazole rings is 1. The van der Waals surface area contributed by atoms with Gasteiger partial charge in [-0.05, 0) is 31.2 Å². The van der Waals surface area contributed by atoms with E-state index in [9.17, 15) is 0 Å². The first-order valence-electron chi connectivity index (χ1n) is 6.57. The highest BCUT2D eigenvalue weighted by Crippen LogP contribution is 2.24. The number of nitrogens with one attached hydrogen (secondary N) is 1. The maximum atomic E-state index is 5.61. The van der Waals surface area contributed by atoms with Gasteiger partial charge in [-0.3, -0.25) is 0 Å². The molecule has 0 aromatic carbocycles. The van der Waals surface area contributed by atoms with Gasteiger partial charge in [-0.1, -0.05) is 0 Å². The lowest BCUT2D eigenvalue weighted by Crippen LogP contribution is -2.40. The second-order valence-electron chi connectivity index (χ2n) is 6.05. The summed E-state index contributed by atoms with van der Waals surface area (Å²) in [6, 6.07) is 0. The number of nitrogens with zero attached hydrogens (tertiary/aromatic N) is 4. The number of hydrogen-bond acceptors (Lipinski definition) is 6. The molecule has 1 aromatic rings. The molecule has 1 fully saturated rings. The van der Waals surface area contributed by atoms with Gasteiger partial charge in [-0.25, -0.2) is 4.68 Å². The molecule has 1 aliphatic rings. The Kier molecular flexibility index (Phi) is 4.17. The second kappa shape index (κ2) is 5.52. The van der Waals surface area contributed by atoms with Crippen LogP contribution in [0.1, 0.15) is 33.0 Å². The summed E-state index contributed by atoms with van der Waals surface area (Å²) < 4.78 is 12.8. The van der Waals surface area contributed by atoms with E-state index in [1.807, 2.05) is 0 Å². The Morgan fingerprint density at radius 3 is 2.84 bits per heavy atom. The lowest BCUT2D eigenvalue weighted by atomic mass is 10.0. The highest BCUT2D eigenvalue weighted by Gasteiger charge is 2.36. The maximum Gasteiger partial charge on any atom is 0.165 e. The normalized spacial score (nSPS) is 24.0. The standard InChI is InChI=1S/C12H23N5O2/c1-11(2,3)13-7-10-14-15-16-17(10)8-12(18-4)5-6-19-9-12/h13H,5-9H2,1-4H3. The molecule has 108 valence electrons. The average Bonchev–Trinajstić information content (AvgIpc) is 2.96. The van der Waals surface area contributed by atoms with E-state index in [1.54, 1.807) is 11.8 Å². The van der Waals surface area contributed by atoms with Gasteiger partial charge in [-0.15, -0.1) is 5.10 Å². The van der Waals surface area contributed by atoms with Crippen LogP contribution in [0.3, 0.4) is 0 Å². The van der Waals surface area contributed by atoms with Crippen LogP contribution in [-0.4, -0.2) is 51.7 Å². The Hall–Kier alpha value is -1.05. The van der Waals surface area contributed by atoms with Crippen molar-refractivity contribution in [3.63, 3.8) is 0 Å². The molecule has 1 atom stereocenters. The molecule has 1 aliphatic heterocycles. The van der Waals surface area contributed by atoms with E-state index in [2.05, 4.69) is 41.6 Å². The van der Waals surface area contributed by atoms with Crippen LogP contribution < -0.4 is 5.32 Å². The largest absolute Gasteiger partial charge is 0.378 e. The Morgan fingerprint density at radius 2 is 2.26 bits per heavy atom. The topological polar surface area (TPSA) is 74.1 Å². The Bertz CT molecular complexity index is 406. The van der Waals surface area contributed by atoms with Crippen LogP contribution in [0.2, 0.25) is 0 Å². The summed E-state index contributed by atoms with van der Waals surface area (Å²) in [7, 11) is 1.71. The fourth-order valence-corrected chi connectivity index (χ4v) is 2.03. The molecule has 0 spiro atoms. The smallest absolute Gasteiger partial charge is 0.165 e. The zero-order valence-corrected chi connectivity index (χ0v) is 12.1. The van der Waals surface area contributed by atoms with E-state index in [0.29, 0.717) is 19.7 Å². The molecule has 19 heavy (non-hydrogen) atoms. The van der Waals surface area contributed by atoms with Crippen molar-refractivity contribution in [2.75, 3.05) is 20.3 Å². The summed E-state index contributed by atoms with van der Waals surface area (Å²) in [4.78, 5) is 0. The lowest BCUT2D eigenvalue weighted by molar-refractivity contribution is -0.0327. The molecule has 2 rings (SSSR count). The second-order valence-corrected chi connectivity index (χ2v) is 6.05. The summed E-state index contributed by atoms with van der Waals surface area (Å²) in [5.74, 6) is 0.818. The highest BCUT2D eigenvalue weighted by atomic mass is 16.5. The summed E-state index contributed by atoms with van der Waals surface area (Å²) in [5.41, 5.74) is -0.266. The minimum absolute atomic E-state index is 0.0339. The molecule has 2 heterocycles. The number of rotatable bonds is 5. The van der Waals surface area contributed by atoms with Crippen LogP contribution in [0, 0.1) is 0 Å². The van der Waals surface area contributed by atoms with E-state index < -0.39 is 0 Å². The first-order chi connectivity index (χ1) is 8.94. The van der Waals surface area contributed by atoms with Crippen molar-refractivity contribution in [1.82, 2.24) is 25.5 Å². The summed E-state index contributed by atoms with van der Waals surface area (Å²) >= 11 is 0. The lowest BCUT2D eigenvalue weighted by Gasteiger charge is -2.26. The van der Waals surface area contributed by atoms with E-state index in [0.717, 1.165) is 18.9 Å². The molecule has 0 aliphatic carbocycles. The molecular formula is C12H23N5O2. The van der Waals surface area contributed by atoms with Crippen molar-refractivity contribution in [2.45, 2.75) is 51.4 Å². The molecule has 1 aromatic heterocycles. The van der Waals surface area contributed by atoms with Crippen LogP contribution in [-0.2, 0) is 22.6 Å². The molecule has 7 nitrogen and oxygen atoms in total. The van der Waals surface area contributed by atoms with Crippen LogP contribution in [0.25, 0.3) is 0 Å². The Labute approximate surface area is 113 Å². The maximum absolute atomic E-state index is 5.61. The van der Waals surface area contributed by atoms with Gasteiger partial charge in [0.2, 0.25) is 0 Å². The predicted octanol–water partition coefficient (Wildman–Crippen LogP) is 0.367. The van der Waals surface area contributed by atoms with Gasteiger partial charge in [0.25, 0.3) is 0 Å². The van der Waals surface area contributed by atoms with Gasteiger partial charge in [0.1, 0.15) is 5.60 Å². The van der Waals surface area contributed by atoms with Gasteiger partial charge >= 0.3 is 0 Å². The van der Waals surface area contributed by atoms with Gasteiger partial charge in [0.05, 0.1) is 19.7 Å². The van der Waals surface area contributed by atoms with Crippen molar-refractivity contribution in [1.29, 1.82) is 0 Å². The summed E-state index contributed by atoms with van der Waals surface area (Å²) in [6.07, 6.45) is 0.871. The summed E-state index contributed by atoms with van der Waals surface area (Å²) in [5, 5.41) is 15.3. The van der Waals surface area contributed by atoms with Crippen molar-refractivity contribution in [2.24, 2.45) is 0 Å². The third-order valence-electron chi connectivity index (χ3n) is 3.32. The van der Waals surface area contributed by atoms with Gasteiger partial charge in [-0.2, -0.15) is 0 Å². The van der Waals surface area contributed by atoms with E-state index in [4.69, 9.17) is 9.47 Å². The zero-order chi connectivity index (χ0) is 13.9. The van der Waals surface area contributed by atoms with E-state index >= 15 is 0 Å². The highest BCUT2D eigenvalue weighted by molar-refractivity contribution is 4.90. The van der Waals surface area contributed by atoms with Crippen molar-refractivity contribution >= 4 is 0 Å². The van der Waals surface area contributed by atoms with Crippen LogP contribution in [0.5, 0.6) is 0 Å². The number of hydrogen-bond donors (Lipinski definition) is 1. The SMILES string of the molecule is COC1(Cn2nnnc2CNC(C)(C)C)CCOC1. The number of aromatic nitrogens is 4. The quantitative estimate of drug-likeness (QED) is 0.832. The summed E-state index contributed by atoms with van der Waals surface area (Å²) in [6.45, 7) is 8.92. The first-order valence-corrected chi connectivity index (χ1v) is 6.57. The molecule has 1 unspecified atom stereocenters. The van der Waals surface area contributed by atoms with Crippen molar-refractivity contribution in [3.8, 4) is 0 Å². The molecule has 0 radical (unpaired) electrons. The average molecular weight is 269 g/mol.